The zero-order chi connectivity index (χ0) is 11.4. The highest BCUT2D eigenvalue weighted by molar-refractivity contribution is 5.13. The van der Waals surface area contributed by atoms with Gasteiger partial charge in [0.2, 0.25) is 0 Å². The smallest absolute Gasteiger partial charge is 0.0915 e. The second-order valence-electron chi connectivity index (χ2n) is 4.82. The molecule has 0 spiro atoms. The Balaban J connectivity index is 1.78. The predicted octanol–water partition coefficient (Wildman–Crippen LogP) is 1.89. The number of hydrogen-bond donors (Lipinski definition) is 2. The van der Waals surface area contributed by atoms with Gasteiger partial charge in [0.05, 0.1) is 6.10 Å². The van der Waals surface area contributed by atoms with Gasteiger partial charge >= 0.3 is 0 Å². The van der Waals surface area contributed by atoms with Crippen molar-refractivity contribution in [3.63, 3.8) is 0 Å². The third-order valence-corrected chi connectivity index (χ3v) is 3.39. The first-order chi connectivity index (χ1) is 7.75. The SMILES string of the molecule is CC1CCC(NCC(O)c2ccncc2)C1. The molecular weight excluding hydrogens is 200 g/mol. The molecule has 1 aliphatic carbocycles. The minimum Gasteiger partial charge on any atom is -0.387 e. The van der Waals surface area contributed by atoms with Gasteiger partial charge in [-0.1, -0.05) is 6.92 Å². The summed E-state index contributed by atoms with van der Waals surface area (Å²) in [6.07, 6.45) is 6.81. The molecule has 0 bridgehead atoms. The normalized spacial score (nSPS) is 26.9. The number of rotatable bonds is 4. The van der Waals surface area contributed by atoms with Gasteiger partial charge in [0.15, 0.2) is 0 Å². The highest BCUT2D eigenvalue weighted by atomic mass is 16.3. The Labute approximate surface area is 96.9 Å². The number of aliphatic hydroxyl groups is 1. The lowest BCUT2D eigenvalue weighted by atomic mass is 10.1. The Kier molecular flexibility index (Phi) is 3.91. The molecule has 88 valence electrons. The topological polar surface area (TPSA) is 45.1 Å². The van der Waals surface area contributed by atoms with Gasteiger partial charge < -0.3 is 10.4 Å². The van der Waals surface area contributed by atoms with Crippen LogP contribution in [-0.2, 0) is 0 Å². The van der Waals surface area contributed by atoms with E-state index in [-0.39, 0.29) is 0 Å². The minimum atomic E-state index is -0.418. The van der Waals surface area contributed by atoms with Crippen molar-refractivity contribution >= 4 is 0 Å². The Morgan fingerprint density at radius 3 is 2.81 bits per heavy atom. The van der Waals surface area contributed by atoms with Gasteiger partial charge in [-0.05, 0) is 42.9 Å². The van der Waals surface area contributed by atoms with Crippen molar-refractivity contribution in [2.24, 2.45) is 5.92 Å². The van der Waals surface area contributed by atoms with Crippen LogP contribution in [0.1, 0.15) is 37.9 Å². The maximum atomic E-state index is 9.96. The van der Waals surface area contributed by atoms with Crippen molar-refractivity contribution in [1.29, 1.82) is 0 Å². The van der Waals surface area contributed by atoms with Crippen LogP contribution in [0.25, 0.3) is 0 Å². The fourth-order valence-electron chi connectivity index (χ4n) is 2.37. The van der Waals surface area contributed by atoms with E-state index in [1.54, 1.807) is 12.4 Å². The number of hydrogen-bond acceptors (Lipinski definition) is 3. The van der Waals surface area contributed by atoms with Gasteiger partial charge in [0.25, 0.3) is 0 Å². The first-order valence-corrected chi connectivity index (χ1v) is 6.07. The van der Waals surface area contributed by atoms with E-state index in [4.69, 9.17) is 0 Å². The van der Waals surface area contributed by atoms with Crippen LogP contribution in [-0.4, -0.2) is 22.7 Å². The van der Waals surface area contributed by atoms with E-state index in [2.05, 4.69) is 17.2 Å². The largest absolute Gasteiger partial charge is 0.387 e. The summed E-state index contributed by atoms with van der Waals surface area (Å²) in [5.41, 5.74) is 0.938. The lowest BCUT2D eigenvalue weighted by molar-refractivity contribution is 0.169. The monoisotopic (exact) mass is 220 g/mol. The number of aromatic nitrogens is 1. The van der Waals surface area contributed by atoms with Gasteiger partial charge in [-0.2, -0.15) is 0 Å². The molecular formula is C13H20N2O. The number of nitrogens with zero attached hydrogens (tertiary/aromatic N) is 1. The maximum Gasteiger partial charge on any atom is 0.0915 e. The van der Waals surface area contributed by atoms with Crippen LogP contribution in [0.3, 0.4) is 0 Å². The van der Waals surface area contributed by atoms with Crippen molar-refractivity contribution in [2.45, 2.75) is 38.3 Å². The molecule has 0 saturated heterocycles. The average Bonchev–Trinajstić information content (AvgIpc) is 2.73. The van der Waals surface area contributed by atoms with Crippen molar-refractivity contribution in [3.8, 4) is 0 Å². The summed E-state index contributed by atoms with van der Waals surface area (Å²) in [7, 11) is 0. The van der Waals surface area contributed by atoms with E-state index in [1.165, 1.54) is 19.3 Å². The third-order valence-electron chi connectivity index (χ3n) is 3.39. The summed E-state index contributed by atoms with van der Waals surface area (Å²) in [6, 6.07) is 4.32. The lowest BCUT2D eigenvalue weighted by Gasteiger charge is -2.16. The molecule has 0 amide bonds. The van der Waals surface area contributed by atoms with Crippen LogP contribution in [0.5, 0.6) is 0 Å². The van der Waals surface area contributed by atoms with E-state index < -0.39 is 6.10 Å². The minimum absolute atomic E-state index is 0.418. The van der Waals surface area contributed by atoms with Gasteiger partial charge in [0.1, 0.15) is 0 Å². The predicted molar refractivity (Wildman–Crippen MR) is 64.0 cm³/mol. The van der Waals surface area contributed by atoms with Crippen molar-refractivity contribution in [3.05, 3.63) is 30.1 Å². The first kappa shape index (κ1) is 11.6. The van der Waals surface area contributed by atoms with E-state index in [0.717, 1.165) is 11.5 Å². The molecule has 3 heteroatoms. The molecule has 0 radical (unpaired) electrons. The standard InChI is InChI=1S/C13H20N2O/c1-10-2-3-12(8-10)15-9-13(16)11-4-6-14-7-5-11/h4-7,10,12-13,15-16H,2-3,8-9H2,1H3. The molecule has 3 nitrogen and oxygen atoms in total. The Morgan fingerprint density at radius 1 is 1.44 bits per heavy atom. The molecule has 2 N–H and O–H groups in total. The molecule has 2 rings (SSSR count). The molecule has 0 aliphatic heterocycles. The quantitative estimate of drug-likeness (QED) is 0.814. The summed E-state index contributed by atoms with van der Waals surface area (Å²) in [6.45, 7) is 2.93. The molecule has 0 aromatic carbocycles. The number of nitrogens with one attached hydrogen (secondary N) is 1. The zero-order valence-electron chi connectivity index (χ0n) is 9.76. The molecule has 1 heterocycles. The Bertz CT molecular complexity index is 315. The van der Waals surface area contributed by atoms with Crippen molar-refractivity contribution in [1.82, 2.24) is 10.3 Å². The Hall–Kier alpha value is -0.930. The highest BCUT2D eigenvalue weighted by Crippen LogP contribution is 2.24. The summed E-state index contributed by atoms with van der Waals surface area (Å²) in [4.78, 5) is 3.94. The average molecular weight is 220 g/mol. The zero-order valence-corrected chi connectivity index (χ0v) is 9.76. The second-order valence-corrected chi connectivity index (χ2v) is 4.82. The van der Waals surface area contributed by atoms with Crippen LogP contribution in [0.15, 0.2) is 24.5 Å². The van der Waals surface area contributed by atoms with Gasteiger partial charge in [-0.15, -0.1) is 0 Å². The van der Waals surface area contributed by atoms with E-state index >= 15 is 0 Å². The van der Waals surface area contributed by atoms with Crippen molar-refractivity contribution < 1.29 is 5.11 Å². The first-order valence-electron chi connectivity index (χ1n) is 6.07. The van der Waals surface area contributed by atoms with Gasteiger partial charge in [-0.25, -0.2) is 0 Å². The van der Waals surface area contributed by atoms with E-state index in [9.17, 15) is 5.11 Å². The summed E-state index contributed by atoms with van der Waals surface area (Å²) >= 11 is 0. The fraction of sp³-hybridized carbons (Fsp3) is 0.615. The lowest BCUT2D eigenvalue weighted by Crippen LogP contribution is -2.30. The molecule has 3 atom stereocenters. The maximum absolute atomic E-state index is 9.96. The number of aliphatic hydroxyl groups excluding tert-OH is 1. The number of pyridine rings is 1. The van der Waals surface area contributed by atoms with Gasteiger partial charge in [-0.3, -0.25) is 4.98 Å². The second kappa shape index (κ2) is 5.41. The van der Waals surface area contributed by atoms with E-state index in [0.29, 0.717) is 12.6 Å². The molecule has 3 unspecified atom stereocenters. The van der Waals surface area contributed by atoms with Crippen LogP contribution >= 0.6 is 0 Å². The molecule has 1 saturated carbocycles. The summed E-state index contributed by atoms with van der Waals surface area (Å²) in [5.74, 6) is 0.829. The van der Waals surface area contributed by atoms with Crippen LogP contribution < -0.4 is 5.32 Å². The van der Waals surface area contributed by atoms with Crippen molar-refractivity contribution in [2.75, 3.05) is 6.54 Å². The fourth-order valence-corrected chi connectivity index (χ4v) is 2.37. The molecule has 1 fully saturated rings. The third kappa shape index (κ3) is 3.03. The van der Waals surface area contributed by atoms with Gasteiger partial charge in [0, 0.05) is 25.0 Å². The summed E-state index contributed by atoms with van der Waals surface area (Å²) < 4.78 is 0. The molecule has 1 aromatic heterocycles. The summed E-state index contributed by atoms with van der Waals surface area (Å²) in [5, 5.41) is 13.4. The van der Waals surface area contributed by atoms with Crippen LogP contribution in [0.2, 0.25) is 0 Å². The molecule has 1 aliphatic rings. The van der Waals surface area contributed by atoms with Crippen LogP contribution in [0.4, 0.5) is 0 Å². The van der Waals surface area contributed by atoms with Crippen LogP contribution in [0, 0.1) is 5.92 Å². The van der Waals surface area contributed by atoms with E-state index in [1.807, 2.05) is 12.1 Å². The molecule has 16 heavy (non-hydrogen) atoms. The molecule has 1 aromatic rings. The highest BCUT2D eigenvalue weighted by Gasteiger charge is 2.21. The Morgan fingerprint density at radius 2 is 2.19 bits per heavy atom.